The monoisotopic (exact) mass is 703 g/mol. The van der Waals surface area contributed by atoms with Gasteiger partial charge in [-0.2, -0.15) is 0 Å². The maximum atomic E-state index is 12.9. The van der Waals surface area contributed by atoms with Gasteiger partial charge in [-0.1, -0.05) is 80.2 Å². The number of carbonyl (C=O) groups excluding carboxylic acids is 2. The number of hydrogen-bond acceptors (Lipinski definition) is 8. The van der Waals surface area contributed by atoms with E-state index in [0.717, 1.165) is 25.7 Å². The van der Waals surface area contributed by atoms with E-state index in [9.17, 15) is 30.0 Å². The Hall–Kier alpha value is -2.00. The Balaban J connectivity index is 0.00000338. The van der Waals surface area contributed by atoms with E-state index in [4.69, 9.17) is 9.47 Å². The minimum absolute atomic E-state index is 0. The molecule has 0 aromatic heterocycles. The Bertz CT molecular complexity index is 1400. The predicted octanol–water partition coefficient (Wildman–Crippen LogP) is 7.33. The quantitative estimate of drug-likeness (QED) is 0.129. The molecule has 3 unspecified atom stereocenters. The SMILES string of the molecule is C.C.C/C=C(/C)C(=O)OC[C@@]12C(CC(C)(C)[C@@H](O)[C@@H]1O)C1=CCC3[C@@]4(C)CC[C@H](O)[C@](C)(COC(=O)/C(C)=C\C)C4CC[C@@]3(C)[C@]1(C)C[C@H]2O. The lowest BCUT2D eigenvalue weighted by atomic mass is 9.33. The number of aliphatic hydroxyl groups is 4. The normalized spacial score (nSPS) is 45.2. The molecule has 12 atom stereocenters. The molecule has 5 aliphatic rings. The lowest BCUT2D eigenvalue weighted by Crippen LogP contribution is -2.72. The van der Waals surface area contributed by atoms with Gasteiger partial charge in [-0.15, -0.1) is 0 Å². The highest BCUT2D eigenvalue weighted by molar-refractivity contribution is 5.88. The van der Waals surface area contributed by atoms with Gasteiger partial charge in [-0.25, -0.2) is 9.59 Å². The number of hydrogen-bond donors (Lipinski definition) is 4. The van der Waals surface area contributed by atoms with Gasteiger partial charge in [0.05, 0.1) is 36.4 Å². The molecule has 5 aliphatic carbocycles. The Morgan fingerprint density at radius 2 is 1.34 bits per heavy atom. The van der Waals surface area contributed by atoms with Crippen LogP contribution in [-0.4, -0.2) is 70.0 Å². The summed E-state index contributed by atoms with van der Waals surface area (Å²) in [6, 6.07) is 0. The largest absolute Gasteiger partial charge is 0.462 e. The summed E-state index contributed by atoms with van der Waals surface area (Å²) in [7, 11) is 0. The van der Waals surface area contributed by atoms with Crippen molar-refractivity contribution in [3.05, 3.63) is 34.9 Å². The van der Waals surface area contributed by atoms with Crippen LogP contribution in [0.3, 0.4) is 0 Å². The van der Waals surface area contributed by atoms with E-state index in [1.54, 1.807) is 32.9 Å². The second kappa shape index (κ2) is 14.1. The van der Waals surface area contributed by atoms with Gasteiger partial charge in [0.15, 0.2) is 0 Å². The van der Waals surface area contributed by atoms with Crippen LogP contribution in [0.2, 0.25) is 0 Å². The van der Waals surface area contributed by atoms with Crippen molar-refractivity contribution in [1.82, 2.24) is 0 Å². The molecule has 0 aromatic rings. The maximum absolute atomic E-state index is 12.9. The number of aliphatic hydroxyl groups excluding tert-OH is 4. The molecule has 50 heavy (non-hydrogen) atoms. The third-order valence-electron chi connectivity index (χ3n) is 15.4. The molecule has 8 nitrogen and oxygen atoms in total. The molecule has 0 aromatic carbocycles. The molecule has 0 amide bonds. The molecule has 286 valence electrons. The van der Waals surface area contributed by atoms with Crippen LogP contribution in [0.25, 0.3) is 0 Å². The zero-order valence-corrected chi connectivity index (χ0v) is 31.1. The summed E-state index contributed by atoms with van der Waals surface area (Å²) >= 11 is 0. The summed E-state index contributed by atoms with van der Waals surface area (Å²) in [5.41, 5.74) is -0.998. The van der Waals surface area contributed by atoms with Crippen LogP contribution >= 0.6 is 0 Å². The number of esters is 2. The maximum Gasteiger partial charge on any atom is 0.333 e. The second-order valence-corrected chi connectivity index (χ2v) is 17.9. The second-order valence-electron chi connectivity index (χ2n) is 17.9. The van der Waals surface area contributed by atoms with Crippen LogP contribution in [0.15, 0.2) is 34.9 Å². The van der Waals surface area contributed by atoms with Crippen LogP contribution in [0, 0.1) is 50.2 Å². The lowest BCUT2D eigenvalue weighted by molar-refractivity contribution is -0.260. The van der Waals surface area contributed by atoms with Gasteiger partial charge in [-0.05, 0) is 112 Å². The average molecular weight is 703 g/mol. The van der Waals surface area contributed by atoms with Crippen molar-refractivity contribution < 1.29 is 39.5 Å². The fraction of sp³-hybridized carbons (Fsp3) is 0.810. The minimum atomic E-state index is -1.28. The van der Waals surface area contributed by atoms with Crippen LogP contribution in [-0.2, 0) is 19.1 Å². The van der Waals surface area contributed by atoms with Crippen molar-refractivity contribution in [2.24, 2.45) is 50.2 Å². The number of fused-ring (bicyclic) bond motifs is 7. The van der Waals surface area contributed by atoms with E-state index < -0.39 is 52.0 Å². The van der Waals surface area contributed by atoms with Gasteiger partial charge in [0, 0.05) is 16.6 Å². The van der Waals surface area contributed by atoms with Gasteiger partial charge < -0.3 is 29.9 Å². The van der Waals surface area contributed by atoms with Crippen molar-refractivity contribution in [3.63, 3.8) is 0 Å². The molecule has 0 radical (unpaired) electrons. The van der Waals surface area contributed by atoms with E-state index in [-0.39, 0.29) is 62.6 Å². The van der Waals surface area contributed by atoms with Gasteiger partial charge in [-0.3, -0.25) is 0 Å². The molecular formula is C42H70O8. The summed E-state index contributed by atoms with van der Waals surface area (Å²) < 4.78 is 11.7. The Morgan fingerprint density at radius 3 is 1.90 bits per heavy atom. The number of rotatable bonds is 6. The predicted molar refractivity (Wildman–Crippen MR) is 198 cm³/mol. The molecule has 0 spiro atoms. The topological polar surface area (TPSA) is 134 Å². The van der Waals surface area contributed by atoms with E-state index >= 15 is 0 Å². The van der Waals surface area contributed by atoms with Crippen molar-refractivity contribution in [1.29, 1.82) is 0 Å². The van der Waals surface area contributed by atoms with Crippen LogP contribution in [0.5, 0.6) is 0 Å². The lowest BCUT2D eigenvalue weighted by Gasteiger charge is -2.72. The molecule has 5 rings (SSSR count). The summed E-state index contributed by atoms with van der Waals surface area (Å²) in [6.45, 7) is 20.1. The van der Waals surface area contributed by atoms with Crippen molar-refractivity contribution in [2.75, 3.05) is 13.2 Å². The fourth-order valence-electron chi connectivity index (χ4n) is 11.8. The summed E-state index contributed by atoms with van der Waals surface area (Å²) in [4.78, 5) is 25.6. The van der Waals surface area contributed by atoms with Crippen molar-refractivity contribution >= 4 is 11.9 Å². The fourth-order valence-corrected chi connectivity index (χ4v) is 11.8. The molecule has 4 N–H and O–H groups in total. The Kier molecular flexibility index (Phi) is 12.0. The van der Waals surface area contributed by atoms with Gasteiger partial charge in [0.2, 0.25) is 0 Å². The molecule has 4 fully saturated rings. The van der Waals surface area contributed by atoms with Gasteiger partial charge in [0.1, 0.15) is 6.61 Å². The molecule has 0 saturated heterocycles. The highest BCUT2D eigenvalue weighted by Gasteiger charge is 2.72. The molecule has 4 saturated carbocycles. The standard InChI is InChI=1S/C40H62O8.2CH4/c1-11-23(3)33(45)47-21-37(8)27-15-18-38(9)28(36(27,7)17-16-29(37)41)14-13-25-26-19-35(5,6)31(43)32(44)40(26,30(42)20-39(25,38)10)22-48-34(46)24(4)12-2;;/h11-13,26-32,41-44H,14-22H2,1-10H3;2*1H4/b23-11-,24-12-;;/t26?,27?,28?,29-,30+,31-,32-,36-,37+,38+,39+,40-;;/m0../s1. The van der Waals surface area contributed by atoms with E-state index in [0.29, 0.717) is 30.4 Å². The van der Waals surface area contributed by atoms with E-state index in [1.807, 2.05) is 20.8 Å². The number of allylic oxidation sites excluding steroid dienone is 4. The molecule has 0 bridgehead atoms. The highest BCUT2D eigenvalue weighted by atomic mass is 16.5. The molecule has 0 aliphatic heterocycles. The summed E-state index contributed by atoms with van der Waals surface area (Å²) in [5.74, 6) is -0.738. The zero-order chi connectivity index (χ0) is 35.8. The number of ether oxygens (including phenoxy) is 2. The Morgan fingerprint density at radius 1 is 0.780 bits per heavy atom. The number of carbonyl (C=O) groups is 2. The first-order valence-corrected chi connectivity index (χ1v) is 18.2. The van der Waals surface area contributed by atoms with E-state index in [1.165, 1.54) is 5.57 Å². The van der Waals surface area contributed by atoms with Crippen LogP contribution < -0.4 is 0 Å². The third-order valence-corrected chi connectivity index (χ3v) is 15.4. The molecular weight excluding hydrogens is 632 g/mol. The molecule has 8 heteroatoms. The minimum Gasteiger partial charge on any atom is -0.462 e. The van der Waals surface area contributed by atoms with E-state index in [2.05, 4.69) is 33.8 Å². The highest BCUT2D eigenvalue weighted by Crippen LogP contribution is 2.75. The zero-order valence-electron chi connectivity index (χ0n) is 31.1. The van der Waals surface area contributed by atoms with Gasteiger partial charge >= 0.3 is 11.9 Å². The molecule has 0 heterocycles. The first kappa shape index (κ1) is 42.4. The van der Waals surface area contributed by atoms with Crippen molar-refractivity contribution in [3.8, 4) is 0 Å². The van der Waals surface area contributed by atoms with Crippen molar-refractivity contribution in [2.45, 2.75) is 153 Å². The first-order valence-electron chi connectivity index (χ1n) is 18.2. The summed E-state index contributed by atoms with van der Waals surface area (Å²) in [6.07, 6.45) is 6.82. The third kappa shape index (κ3) is 5.87. The van der Waals surface area contributed by atoms with Crippen LogP contribution in [0.4, 0.5) is 0 Å². The van der Waals surface area contributed by atoms with Gasteiger partial charge in [0.25, 0.3) is 0 Å². The average Bonchev–Trinajstić information content (AvgIpc) is 3.03. The smallest absolute Gasteiger partial charge is 0.333 e. The van der Waals surface area contributed by atoms with Crippen LogP contribution in [0.1, 0.15) is 129 Å². The summed E-state index contributed by atoms with van der Waals surface area (Å²) in [5, 5.41) is 47.2. The Labute approximate surface area is 302 Å². The first-order chi connectivity index (χ1) is 22.2.